The molecule has 0 spiro atoms. The molecule has 0 aliphatic heterocycles. The number of benzene rings is 3. The van der Waals surface area contributed by atoms with Crippen LogP contribution in [0.3, 0.4) is 0 Å². The number of nitrogens with two attached hydrogens (primary N) is 2. The van der Waals surface area contributed by atoms with E-state index in [0.29, 0.717) is 40.7 Å². The van der Waals surface area contributed by atoms with Gasteiger partial charge in [0.15, 0.2) is 23.1 Å². The summed E-state index contributed by atoms with van der Waals surface area (Å²) in [4.78, 5) is 54.4. The monoisotopic (exact) mass is 462 g/mol. The van der Waals surface area contributed by atoms with Gasteiger partial charge >= 0.3 is 0 Å². The molecule has 6 heteroatoms. The topological polar surface area (TPSA) is 120 Å². The number of carbonyl (C=O) groups excluding carboxylic acids is 4. The normalized spacial score (nSPS) is 16.9. The van der Waals surface area contributed by atoms with E-state index in [0.717, 1.165) is 19.3 Å². The molecule has 0 aromatic heterocycles. The number of carbonyl (C=O) groups is 4. The Morgan fingerprint density at radius 1 is 0.457 bits per heavy atom. The van der Waals surface area contributed by atoms with Crippen LogP contribution in [0.4, 0.5) is 11.4 Å². The number of allylic oxidation sites excluding steroid dienone is 2. The van der Waals surface area contributed by atoms with Crippen LogP contribution < -0.4 is 11.5 Å². The molecule has 0 atom stereocenters. The predicted molar refractivity (Wildman–Crippen MR) is 133 cm³/mol. The van der Waals surface area contributed by atoms with Crippen LogP contribution in [-0.2, 0) is 0 Å². The van der Waals surface area contributed by atoms with Gasteiger partial charge in [0.2, 0.25) is 0 Å². The Hall–Kier alpha value is -4.32. The molecule has 0 unspecified atom stereocenters. The molecular weight excluding hydrogens is 440 g/mol. The molecule has 4 N–H and O–H groups in total. The van der Waals surface area contributed by atoms with Gasteiger partial charge in [0.1, 0.15) is 0 Å². The number of rotatable bonds is 1. The molecule has 0 radical (unpaired) electrons. The lowest BCUT2D eigenvalue weighted by atomic mass is 9.75. The summed E-state index contributed by atoms with van der Waals surface area (Å²) in [6.07, 6.45) is 3.75. The fourth-order valence-electron chi connectivity index (χ4n) is 5.68. The number of nitrogen functional groups attached to an aromatic ring is 2. The first-order chi connectivity index (χ1) is 16.9. The van der Waals surface area contributed by atoms with Crippen LogP contribution >= 0.6 is 0 Å². The fraction of sp³-hybridized carbons (Fsp3) is 0.172. The number of hydrogen-bond donors (Lipinski definition) is 2. The number of ketones is 4. The van der Waals surface area contributed by atoms with Crippen molar-refractivity contribution in [2.45, 2.75) is 32.1 Å². The lowest BCUT2D eigenvalue weighted by Crippen LogP contribution is -2.26. The van der Waals surface area contributed by atoms with Crippen molar-refractivity contribution >= 4 is 34.5 Å². The molecule has 3 aliphatic rings. The first-order valence-corrected chi connectivity index (χ1v) is 11.7. The number of fused-ring (bicyclic) bond motifs is 3. The highest BCUT2D eigenvalue weighted by atomic mass is 16.1. The van der Waals surface area contributed by atoms with Gasteiger partial charge < -0.3 is 11.5 Å². The molecular formula is C29H22N2O4. The lowest BCUT2D eigenvalue weighted by Gasteiger charge is -2.26. The van der Waals surface area contributed by atoms with E-state index < -0.39 is 0 Å². The van der Waals surface area contributed by atoms with Gasteiger partial charge in [-0.2, -0.15) is 0 Å². The molecule has 0 saturated heterocycles. The maximum absolute atomic E-state index is 13.8. The van der Waals surface area contributed by atoms with E-state index in [4.69, 9.17) is 11.5 Å². The third-order valence-electron chi connectivity index (χ3n) is 7.36. The van der Waals surface area contributed by atoms with E-state index in [2.05, 4.69) is 0 Å². The molecule has 35 heavy (non-hydrogen) atoms. The summed E-state index contributed by atoms with van der Waals surface area (Å²) in [5, 5.41) is 0. The van der Waals surface area contributed by atoms with Gasteiger partial charge in [-0.25, -0.2) is 0 Å². The second kappa shape index (κ2) is 7.60. The van der Waals surface area contributed by atoms with E-state index in [9.17, 15) is 19.2 Å². The maximum atomic E-state index is 13.8. The molecule has 0 amide bonds. The Morgan fingerprint density at radius 3 is 1.43 bits per heavy atom. The number of anilines is 2. The van der Waals surface area contributed by atoms with Gasteiger partial charge in [0.25, 0.3) is 0 Å². The Labute approximate surface area is 201 Å². The molecule has 0 bridgehead atoms. The van der Waals surface area contributed by atoms with Crippen LogP contribution in [0.25, 0.3) is 11.1 Å². The van der Waals surface area contributed by atoms with Crippen molar-refractivity contribution in [1.29, 1.82) is 0 Å². The summed E-state index contributed by atoms with van der Waals surface area (Å²) in [7, 11) is 0. The average Bonchev–Trinajstić information content (AvgIpc) is 3.12. The van der Waals surface area contributed by atoms with Crippen LogP contribution in [0, 0.1) is 0 Å². The number of Topliss-reactive ketones (excluding diaryl/α,β-unsaturated/α-hetero) is 2. The van der Waals surface area contributed by atoms with Crippen molar-refractivity contribution < 1.29 is 19.2 Å². The smallest absolute Gasteiger partial charge is 0.196 e. The minimum absolute atomic E-state index is 0.126. The minimum Gasteiger partial charge on any atom is -0.398 e. The van der Waals surface area contributed by atoms with Gasteiger partial charge in [0, 0.05) is 44.8 Å². The van der Waals surface area contributed by atoms with Crippen molar-refractivity contribution in [1.82, 2.24) is 0 Å². The van der Waals surface area contributed by atoms with Crippen LogP contribution in [0.2, 0.25) is 0 Å². The largest absolute Gasteiger partial charge is 0.398 e. The van der Waals surface area contributed by atoms with Crippen molar-refractivity contribution in [3.8, 4) is 11.1 Å². The van der Waals surface area contributed by atoms with Crippen molar-refractivity contribution in [2.75, 3.05) is 11.5 Å². The molecule has 3 aliphatic carbocycles. The second-order valence-corrected chi connectivity index (χ2v) is 9.28. The SMILES string of the molecule is Nc1ccc(-c2ccc(N)c3c2C(=O)c2ccccc2C3=O)c2c1C(=O)C1=C(CCCCC1)C2=O. The third kappa shape index (κ3) is 2.89. The molecule has 3 aromatic carbocycles. The summed E-state index contributed by atoms with van der Waals surface area (Å²) in [5.41, 5.74) is 16.0. The quantitative estimate of drug-likeness (QED) is 0.387. The molecule has 0 saturated carbocycles. The van der Waals surface area contributed by atoms with Gasteiger partial charge in [0.05, 0.1) is 11.1 Å². The van der Waals surface area contributed by atoms with Gasteiger partial charge in [-0.15, -0.1) is 0 Å². The maximum Gasteiger partial charge on any atom is 0.196 e. The average molecular weight is 463 g/mol. The van der Waals surface area contributed by atoms with E-state index >= 15 is 0 Å². The molecule has 0 heterocycles. The van der Waals surface area contributed by atoms with Crippen LogP contribution in [-0.4, -0.2) is 23.1 Å². The van der Waals surface area contributed by atoms with Crippen LogP contribution in [0.15, 0.2) is 59.7 Å². The molecule has 172 valence electrons. The summed E-state index contributed by atoms with van der Waals surface area (Å²) in [6, 6.07) is 13.1. The Bertz CT molecular complexity index is 1560. The highest BCUT2D eigenvalue weighted by Gasteiger charge is 2.38. The van der Waals surface area contributed by atoms with E-state index in [1.807, 2.05) is 0 Å². The second-order valence-electron chi connectivity index (χ2n) is 9.28. The Kier molecular flexibility index (Phi) is 4.61. The van der Waals surface area contributed by atoms with Crippen molar-refractivity contribution in [3.63, 3.8) is 0 Å². The molecule has 6 rings (SSSR count). The standard InChI is InChI=1S/C29H22N2O4/c30-20-12-10-14(22-24(20)28(34)18-7-3-1-2-6-16(18)26(22)32)15-11-13-21(31)25-23(15)27(33)17-8-4-5-9-19(17)29(25)35/h4-5,8-13H,1-3,6-7,30-31H2. The third-order valence-corrected chi connectivity index (χ3v) is 7.36. The lowest BCUT2D eigenvalue weighted by molar-refractivity contribution is 0.0971. The summed E-state index contributed by atoms with van der Waals surface area (Å²) in [6.45, 7) is 0. The van der Waals surface area contributed by atoms with E-state index in [-0.39, 0.29) is 62.3 Å². The highest BCUT2D eigenvalue weighted by molar-refractivity contribution is 6.34. The first kappa shape index (κ1) is 21.2. The Balaban J connectivity index is 1.64. The fourth-order valence-corrected chi connectivity index (χ4v) is 5.68. The van der Waals surface area contributed by atoms with Gasteiger partial charge in [-0.1, -0.05) is 42.8 Å². The van der Waals surface area contributed by atoms with Crippen molar-refractivity contribution in [3.05, 3.63) is 93.1 Å². The molecule has 3 aromatic rings. The van der Waals surface area contributed by atoms with Gasteiger partial charge in [-0.3, -0.25) is 19.2 Å². The van der Waals surface area contributed by atoms with E-state index in [1.165, 1.54) is 0 Å². The molecule has 0 fully saturated rings. The summed E-state index contributed by atoms with van der Waals surface area (Å²) >= 11 is 0. The zero-order chi connectivity index (χ0) is 24.4. The zero-order valence-electron chi connectivity index (χ0n) is 18.9. The summed E-state index contributed by atoms with van der Waals surface area (Å²) < 4.78 is 0. The van der Waals surface area contributed by atoms with Gasteiger partial charge in [-0.05, 0) is 48.9 Å². The molecule has 6 nitrogen and oxygen atoms in total. The predicted octanol–water partition coefficient (Wildman–Crippen LogP) is 4.93. The minimum atomic E-state index is -0.341. The number of hydrogen-bond acceptors (Lipinski definition) is 6. The zero-order valence-corrected chi connectivity index (χ0v) is 18.9. The Morgan fingerprint density at radius 2 is 0.886 bits per heavy atom. The van der Waals surface area contributed by atoms with E-state index in [1.54, 1.807) is 48.5 Å². The van der Waals surface area contributed by atoms with Crippen LogP contribution in [0.5, 0.6) is 0 Å². The summed E-state index contributed by atoms with van der Waals surface area (Å²) in [5.74, 6) is -1.12. The van der Waals surface area contributed by atoms with Crippen molar-refractivity contribution in [2.24, 2.45) is 0 Å². The first-order valence-electron chi connectivity index (χ1n) is 11.7. The van der Waals surface area contributed by atoms with Crippen LogP contribution in [0.1, 0.15) is 84.7 Å². The highest BCUT2D eigenvalue weighted by Crippen LogP contribution is 2.44.